The van der Waals surface area contributed by atoms with Crippen LogP contribution < -0.4 is 9.05 Å². The second-order valence-electron chi connectivity index (χ2n) is 8.94. The molecule has 0 bridgehead atoms. The molecule has 1 heterocycles. The quantitative estimate of drug-likeness (QED) is 0.139. The minimum Gasteiger partial charge on any atom is -0.472 e. The van der Waals surface area contributed by atoms with Crippen molar-refractivity contribution in [2.45, 2.75) is 12.6 Å². The molecule has 0 radical (unpaired) electrons. The Morgan fingerprint density at radius 2 is 1.19 bits per heavy atom. The first kappa shape index (κ1) is 22.8. The zero-order chi connectivity index (χ0) is 24.9. The van der Waals surface area contributed by atoms with E-state index in [1.807, 2.05) is 78.9 Å². The van der Waals surface area contributed by atoms with Crippen LogP contribution in [0.2, 0.25) is 0 Å². The average Bonchev–Trinajstić information content (AvgIpc) is 3.03. The standard InChI is InChI=1S/C31H23O3PS/c1-20(21(2)32)31(24-12-4-3-5-13-24)35(36)33-27-18-16-22-10-6-8-14-25(22)29(27)30-26-15-9-7-11-23(26)17-19-28(30)34-35/h3-19,31H,1H2,2H3/t31-/m1/s1. The predicted molar refractivity (Wildman–Crippen MR) is 151 cm³/mol. The maximum absolute atomic E-state index is 12.6. The minimum atomic E-state index is -3.21. The van der Waals surface area contributed by atoms with Gasteiger partial charge < -0.3 is 21.3 Å². The number of hydrogen-bond acceptors (Lipinski definition) is 4. The van der Waals surface area contributed by atoms with Crippen molar-refractivity contribution < 1.29 is 13.8 Å². The summed E-state index contributed by atoms with van der Waals surface area (Å²) in [7, 11) is 0. The zero-order valence-electron chi connectivity index (χ0n) is 19.7. The van der Waals surface area contributed by atoms with Crippen LogP contribution in [0.15, 0.2) is 115 Å². The topological polar surface area (TPSA) is 35.5 Å². The van der Waals surface area contributed by atoms with E-state index >= 15 is 0 Å². The van der Waals surface area contributed by atoms with Gasteiger partial charge in [-0.3, -0.25) is 4.79 Å². The van der Waals surface area contributed by atoms with E-state index < -0.39 is 12.6 Å². The molecule has 0 saturated carbocycles. The largest absolute Gasteiger partial charge is 0.472 e. The number of benzene rings is 5. The van der Waals surface area contributed by atoms with Crippen LogP contribution in [0.1, 0.15) is 18.1 Å². The maximum atomic E-state index is 12.6. The van der Waals surface area contributed by atoms with Crippen molar-refractivity contribution in [2.24, 2.45) is 0 Å². The summed E-state index contributed by atoms with van der Waals surface area (Å²) in [5.41, 5.74) is 2.55. The number of fused-ring (bicyclic) bond motifs is 7. The molecular weight excluding hydrogens is 483 g/mol. The van der Waals surface area contributed by atoms with E-state index in [9.17, 15) is 4.79 Å². The van der Waals surface area contributed by atoms with E-state index in [0.717, 1.165) is 38.2 Å². The van der Waals surface area contributed by atoms with Gasteiger partial charge in [-0.15, -0.1) is 0 Å². The first-order chi connectivity index (χ1) is 17.5. The molecule has 5 heteroatoms. The molecule has 5 aromatic carbocycles. The van der Waals surface area contributed by atoms with Gasteiger partial charge in [0.15, 0.2) is 22.9 Å². The summed E-state index contributed by atoms with van der Waals surface area (Å²) in [6.45, 7) is 2.45. The summed E-state index contributed by atoms with van der Waals surface area (Å²) in [5.74, 6) is 1.18. The molecular formula is C31H23O3PS. The smallest absolute Gasteiger partial charge is 0.263 e. The van der Waals surface area contributed by atoms with Gasteiger partial charge in [-0.05, 0) is 40.6 Å². The Hall–Kier alpha value is -3.59. The van der Waals surface area contributed by atoms with Crippen LogP contribution in [0.5, 0.6) is 11.5 Å². The van der Waals surface area contributed by atoms with Crippen LogP contribution in [0.3, 0.4) is 0 Å². The van der Waals surface area contributed by atoms with Gasteiger partial charge in [0.05, 0.1) is 0 Å². The third kappa shape index (κ3) is 3.69. The lowest BCUT2D eigenvalue weighted by Crippen LogP contribution is -2.19. The lowest BCUT2D eigenvalue weighted by Gasteiger charge is -2.35. The van der Waals surface area contributed by atoms with Gasteiger partial charge in [-0.25, -0.2) is 0 Å². The molecule has 0 aliphatic carbocycles. The van der Waals surface area contributed by atoms with E-state index in [2.05, 4.69) is 30.8 Å². The predicted octanol–water partition coefficient (Wildman–Crippen LogP) is 8.63. The number of Topliss-reactive ketones (excluding diaryl/α,β-unsaturated/α-hetero) is 1. The molecule has 1 aliphatic rings. The normalized spacial score (nSPS) is 14.6. The van der Waals surface area contributed by atoms with E-state index in [-0.39, 0.29) is 5.78 Å². The number of carbonyl (C=O) groups excluding carboxylic acids is 1. The minimum absolute atomic E-state index is 0.137. The molecule has 36 heavy (non-hydrogen) atoms. The van der Waals surface area contributed by atoms with Crippen molar-refractivity contribution >= 4 is 46.5 Å². The molecule has 0 N–H and O–H groups in total. The Balaban J connectivity index is 1.68. The van der Waals surface area contributed by atoms with Gasteiger partial charge in [0.2, 0.25) is 0 Å². The fraction of sp³-hybridized carbons (Fsp3) is 0.0645. The second-order valence-corrected chi connectivity index (χ2v) is 12.4. The zero-order valence-corrected chi connectivity index (χ0v) is 21.4. The molecule has 0 fully saturated rings. The number of ketones is 1. The molecule has 0 aromatic heterocycles. The van der Waals surface area contributed by atoms with E-state index in [1.54, 1.807) is 0 Å². The van der Waals surface area contributed by atoms with Crippen molar-refractivity contribution in [3.8, 4) is 22.6 Å². The maximum Gasteiger partial charge on any atom is 0.263 e. The Morgan fingerprint density at radius 1 is 0.722 bits per heavy atom. The van der Waals surface area contributed by atoms with Crippen LogP contribution in [-0.4, -0.2) is 5.78 Å². The molecule has 5 aromatic rings. The van der Waals surface area contributed by atoms with Gasteiger partial charge >= 0.3 is 0 Å². The highest BCUT2D eigenvalue weighted by molar-refractivity contribution is 8.38. The fourth-order valence-electron chi connectivity index (χ4n) is 4.97. The third-order valence-electron chi connectivity index (χ3n) is 6.70. The monoisotopic (exact) mass is 506 g/mol. The lowest BCUT2D eigenvalue weighted by molar-refractivity contribution is -0.113. The van der Waals surface area contributed by atoms with Crippen LogP contribution >= 0.6 is 6.92 Å². The third-order valence-corrected chi connectivity index (χ3v) is 9.92. The molecule has 0 saturated heterocycles. The number of carbonyl (C=O) groups is 1. The fourth-order valence-corrected chi connectivity index (χ4v) is 8.40. The summed E-state index contributed by atoms with van der Waals surface area (Å²) in [6, 6.07) is 34.2. The number of hydrogen-bond donors (Lipinski definition) is 0. The van der Waals surface area contributed by atoms with E-state index in [0.29, 0.717) is 17.1 Å². The van der Waals surface area contributed by atoms with Crippen LogP contribution in [-0.2, 0) is 17.0 Å². The first-order valence-electron chi connectivity index (χ1n) is 11.7. The van der Waals surface area contributed by atoms with Gasteiger partial charge in [0.1, 0.15) is 0 Å². The highest BCUT2D eigenvalue weighted by Crippen LogP contribution is 2.73. The summed E-state index contributed by atoms with van der Waals surface area (Å²) >= 11 is 6.29. The van der Waals surface area contributed by atoms with Gasteiger partial charge in [0, 0.05) is 22.3 Å². The highest BCUT2D eigenvalue weighted by atomic mass is 32.7. The first-order valence-corrected chi connectivity index (χ1v) is 14.4. The highest BCUT2D eigenvalue weighted by Gasteiger charge is 2.48. The van der Waals surface area contributed by atoms with Crippen molar-refractivity contribution in [1.29, 1.82) is 0 Å². The summed E-state index contributed by atoms with van der Waals surface area (Å²) in [4.78, 5) is 12.6. The summed E-state index contributed by atoms with van der Waals surface area (Å²) in [5, 5.41) is 4.31. The Kier molecular flexibility index (Phi) is 5.59. The van der Waals surface area contributed by atoms with Gasteiger partial charge in [-0.2, -0.15) is 0 Å². The van der Waals surface area contributed by atoms with E-state index in [4.69, 9.17) is 21.3 Å². The van der Waals surface area contributed by atoms with Gasteiger partial charge in [0.25, 0.3) is 6.92 Å². The molecule has 0 amide bonds. The molecule has 3 nitrogen and oxygen atoms in total. The number of allylic oxidation sites excluding steroid dienone is 1. The van der Waals surface area contributed by atoms with Crippen LogP contribution in [0, 0.1) is 0 Å². The van der Waals surface area contributed by atoms with E-state index in [1.165, 1.54) is 6.92 Å². The number of rotatable bonds is 4. The summed E-state index contributed by atoms with van der Waals surface area (Å²) in [6.07, 6.45) is 0. The van der Waals surface area contributed by atoms with Crippen molar-refractivity contribution in [3.63, 3.8) is 0 Å². The molecule has 1 aliphatic heterocycles. The Bertz CT molecular complexity index is 1570. The van der Waals surface area contributed by atoms with Crippen LogP contribution in [0.4, 0.5) is 0 Å². The Morgan fingerprint density at radius 3 is 1.69 bits per heavy atom. The Labute approximate surface area is 216 Å². The van der Waals surface area contributed by atoms with Crippen molar-refractivity contribution in [2.75, 3.05) is 0 Å². The second kappa shape index (κ2) is 8.81. The SMILES string of the molecule is C=C(C(C)=O)[C@H](c1ccccc1)[P+]1([S-])Oc2ccc3ccccc3c2-c2c(ccc3ccccc23)O1. The van der Waals surface area contributed by atoms with Gasteiger partial charge in [-0.1, -0.05) is 97.6 Å². The molecule has 0 unspecified atom stereocenters. The molecule has 1 atom stereocenters. The van der Waals surface area contributed by atoms with Crippen LogP contribution in [0.25, 0.3) is 32.7 Å². The summed E-state index contributed by atoms with van der Waals surface area (Å²) < 4.78 is 13.5. The lowest BCUT2D eigenvalue weighted by atomic mass is 9.92. The average molecular weight is 507 g/mol. The van der Waals surface area contributed by atoms with Crippen molar-refractivity contribution in [1.82, 2.24) is 0 Å². The molecule has 0 spiro atoms. The molecule has 176 valence electrons. The van der Waals surface area contributed by atoms with Crippen molar-refractivity contribution in [3.05, 3.63) is 121 Å². The molecule has 6 rings (SSSR count).